The third-order valence-electron chi connectivity index (χ3n) is 3.25. The molecule has 3 nitrogen and oxygen atoms in total. The van der Waals surface area contributed by atoms with Gasteiger partial charge in [-0.3, -0.25) is 9.78 Å². The zero-order valence-corrected chi connectivity index (χ0v) is 11.3. The van der Waals surface area contributed by atoms with Gasteiger partial charge in [-0.1, -0.05) is 0 Å². The van der Waals surface area contributed by atoms with Crippen molar-refractivity contribution < 1.29 is 4.79 Å². The number of hydrogen-bond acceptors (Lipinski definition) is 3. The number of aryl methyl sites for hydroxylation is 1. The predicted octanol–water partition coefficient (Wildman–Crippen LogP) is 2.88. The Hall–Kier alpha value is -2.16. The Morgan fingerprint density at radius 1 is 1.21 bits per heavy atom. The number of nitrogens with zero attached hydrogens (tertiary/aromatic N) is 2. The van der Waals surface area contributed by atoms with Gasteiger partial charge in [0.15, 0.2) is 0 Å². The van der Waals surface area contributed by atoms with Crippen molar-refractivity contribution in [3.63, 3.8) is 0 Å². The van der Waals surface area contributed by atoms with Crippen LogP contribution in [0.5, 0.6) is 0 Å². The van der Waals surface area contributed by atoms with Crippen LogP contribution in [0.1, 0.15) is 21.5 Å². The SMILES string of the molecule is Cc1cc(C=O)ccc1N(C)CCc1ccncc1. The molecule has 0 spiro atoms. The summed E-state index contributed by atoms with van der Waals surface area (Å²) in [5.41, 5.74) is 4.30. The lowest BCUT2D eigenvalue weighted by Crippen LogP contribution is -2.21. The van der Waals surface area contributed by atoms with Crippen LogP contribution < -0.4 is 4.90 Å². The van der Waals surface area contributed by atoms with Crippen LogP contribution in [0.25, 0.3) is 0 Å². The Kier molecular flexibility index (Phi) is 4.29. The molecule has 0 saturated heterocycles. The molecular formula is C16H18N2O. The van der Waals surface area contributed by atoms with Crippen molar-refractivity contribution in [2.45, 2.75) is 13.3 Å². The smallest absolute Gasteiger partial charge is 0.150 e. The summed E-state index contributed by atoms with van der Waals surface area (Å²) < 4.78 is 0. The Morgan fingerprint density at radius 3 is 2.58 bits per heavy atom. The van der Waals surface area contributed by atoms with Crippen LogP contribution >= 0.6 is 0 Å². The van der Waals surface area contributed by atoms with Crippen molar-refractivity contribution >= 4 is 12.0 Å². The molecule has 0 aliphatic carbocycles. The van der Waals surface area contributed by atoms with E-state index in [9.17, 15) is 4.79 Å². The lowest BCUT2D eigenvalue weighted by molar-refractivity contribution is 0.112. The molecule has 19 heavy (non-hydrogen) atoms. The molecule has 2 aromatic rings. The van der Waals surface area contributed by atoms with Crippen LogP contribution in [0.2, 0.25) is 0 Å². The molecule has 0 aliphatic heterocycles. The van der Waals surface area contributed by atoms with Gasteiger partial charge in [0.2, 0.25) is 0 Å². The standard InChI is InChI=1S/C16H18N2O/c1-13-11-15(12-19)3-4-16(13)18(2)10-7-14-5-8-17-9-6-14/h3-6,8-9,11-12H,7,10H2,1-2H3. The summed E-state index contributed by atoms with van der Waals surface area (Å²) in [5.74, 6) is 0. The Labute approximate surface area is 113 Å². The van der Waals surface area contributed by atoms with Crippen LogP contribution in [0.15, 0.2) is 42.7 Å². The Bertz CT molecular complexity index is 552. The van der Waals surface area contributed by atoms with Gasteiger partial charge in [-0.25, -0.2) is 0 Å². The molecule has 0 unspecified atom stereocenters. The number of anilines is 1. The first-order valence-electron chi connectivity index (χ1n) is 6.36. The fourth-order valence-electron chi connectivity index (χ4n) is 2.15. The highest BCUT2D eigenvalue weighted by atomic mass is 16.1. The Morgan fingerprint density at radius 2 is 1.95 bits per heavy atom. The third-order valence-corrected chi connectivity index (χ3v) is 3.25. The van der Waals surface area contributed by atoms with Crippen LogP contribution in [-0.2, 0) is 6.42 Å². The first-order chi connectivity index (χ1) is 9.20. The van der Waals surface area contributed by atoms with Crippen LogP contribution in [0, 0.1) is 6.92 Å². The predicted molar refractivity (Wildman–Crippen MR) is 77.8 cm³/mol. The first kappa shape index (κ1) is 13.3. The largest absolute Gasteiger partial charge is 0.374 e. The van der Waals surface area contributed by atoms with Gasteiger partial charge in [-0.05, 0) is 54.8 Å². The summed E-state index contributed by atoms with van der Waals surface area (Å²) >= 11 is 0. The maximum absolute atomic E-state index is 10.7. The molecule has 2 rings (SSSR count). The number of pyridine rings is 1. The fraction of sp³-hybridized carbons (Fsp3) is 0.250. The second kappa shape index (κ2) is 6.14. The number of carbonyl (C=O) groups excluding carboxylic acids is 1. The van der Waals surface area contributed by atoms with Gasteiger partial charge in [0.1, 0.15) is 6.29 Å². The van der Waals surface area contributed by atoms with Crippen molar-refractivity contribution in [2.24, 2.45) is 0 Å². The van der Waals surface area contributed by atoms with E-state index in [1.165, 1.54) is 11.3 Å². The Balaban J connectivity index is 2.04. The molecule has 0 N–H and O–H groups in total. The van der Waals surface area contributed by atoms with Gasteiger partial charge < -0.3 is 4.90 Å². The molecule has 0 fully saturated rings. The highest BCUT2D eigenvalue weighted by molar-refractivity contribution is 5.76. The minimum Gasteiger partial charge on any atom is -0.374 e. The van der Waals surface area contributed by atoms with Gasteiger partial charge in [-0.2, -0.15) is 0 Å². The number of aromatic nitrogens is 1. The van der Waals surface area contributed by atoms with E-state index in [0.717, 1.165) is 30.4 Å². The van der Waals surface area contributed by atoms with Crippen molar-refractivity contribution in [1.82, 2.24) is 4.98 Å². The molecule has 0 radical (unpaired) electrons. The van der Waals surface area contributed by atoms with Gasteiger partial charge in [0.05, 0.1) is 0 Å². The molecule has 98 valence electrons. The number of likely N-dealkylation sites (N-methyl/N-ethyl adjacent to an activating group) is 1. The van der Waals surface area contributed by atoms with E-state index >= 15 is 0 Å². The van der Waals surface area contributed by atoms with E-state index in [0.29, 0.717) is 0 Å². The fourth-order valence-corrected chi connectivity index (χ4v) is 2.15. The summed E-state index contributed by atoms with van der Waals surface area (Å²) in [7, 11) is 2.07. The second-order valence-electron chi connectivity index (χ2n) is 4.69. The normalized spacial score (nSPS) is 10.2. The van der Waals surface area contributed by atoms with Crippen LogP contribution in [0.4, 0.5) is 5.69 Å². The minimum absolute atomic E-state index is 0.726. The van der Waals surface area contributed by atoms with Crippen molar-refractivity contribution in [3.05, 3.63) is 59.4 Å². The molecule has 0 saturated carbocycles. The van der Waals surface area contributed by atoms with E-state index in [1.54, 1.807) is 0 Å². The van der Waals surface area contributed by atoms with E-state index in [4.69, 9.17) is 0 Å². The highest BCUT2D eigenvalue weighted by Crippen LogP contribution is 2.19. The molecule has 1 heterocycles. The molecule has 0 bridgehead atoms. The summed E-state index contributed by atoms with van der Waals surface area (Å²) in [4.78, 5) is 17.0. The van der Waals surface area contributed by atoms with Gasteiger partial charge >= 0.3 is 0 Å². The van der Waals surface area contributed by atoms with E-state index in [-0.39, 0.29) is 0 Å². The average molecular weight is 254 g/mol. The number of carbonyl (C=O) groups is 1. The maximum atomic E-state index is 10.7. The molecule has 1 aromatic carbocycles. The number of hydrogen-bond donors (Lipinski definition) is 0. The van der Waals surface area contributed by atoms with Crippen molar-refractivity contribution in [2.75, 3.05) is 18.5 Å². The van der Waals surface area contributed by atoms with Crippen molar-refractivity contribution in [1.29, 1.82) is 0 Å². The average Bonchev–Trinajstić information content (AvgIpc) is 2.45. The molecule has 0 amide bonds. The van der Waals surface area contributed by atoms with Gasteiger partial charge in [-0.15, -0.1) is 0 Å². The zero-order chi connectivity index (χ0) is 13.7. The number of rotatable bonds is 5. The lowest BCUT2D eigenvalue weighted by Gasteiger charge is -2.21. The molecule has 0 aliphatic rings. The summed E-state index contributed by atoms with van der Waals surface area (Å²) in [6, 6.07) is 9.86. The maximum Gasteiger partial charge on any atom is 0.150 e. The second-order valence-corrected chi connectivity index (χ2v) is 4.69. The van der Waals surface area contributed by atoms with E-state index < -0.39 is 0 Å². The summed E-state index contributed by atoms with van der Waals surface area (Å²) in [6.45, 7) is 2.97. The summed E-state index contributed by atoms with van der Waals surface area (Å²) in [6.07, 6.45) is 5.50. The topological polar surface area (TPSA) is 33.2 Å². The zero-order valence-electron chi connectivity index (χ0n) is 11.3. The van der Waals surface area contributed by atoms with Gasteiger partial charge in [0.25, 0.3) is 0 Å². The van der Waals surface area contributed by atoms with E-state index in [1.807, 2.05) is 49.6 Å². The van der Waals surface area contributed by atoms with Gasteiger partial charge in [0, 0.05) is 37.2 Å². The molecule has 0 atom stereocenters. The summed E-state index contributed by atoms with van der Waals surface area (Å²) in [5, 5.41) is 0. The highest BCUT2D eigenvalue weighted by Gasteiger charge is 2.05. The lowest BCUT2D eigenvalue weighted by atomic mass is 10.1. The minimum atomic E-state index is 0.726. The monoisotopic (exact) mass is 254 g/mol. The third kappa shape index (κ3) is 3.41. The molecular weight excluding hydrogens is 236 g/mol. The van der Waals surface area contributed by atoms with Crippen molar-refractivity contribution in [3.8, 4) is 0 Å². The van der Waals surface area contributed by atoms with Crippen LogP contribution in [-0.4, -0.2) is 24.9 Å². The van der Waals surface area contributed by atoms with E-state index in [2.05, 4.69) is 16.9 Å². The number of aldehydes is 1. The first-order valence-corrected chi connectivity index (χ1v) is 6.36. The quantitative estimate of drug-likeness (QED) is 0.769. The molecule has 1 aromatic heterocycles. The van der Waals surface area contributed by atoms with Crippen LogP contribution in [0.3, 0.4) is 0 Å². The molecule has 3 heteroatoms. The number of benzene rings is 1.